The van der Waals surface area contributed by atoms with E-state index in [-0.39, 0.29) is 0 Å². The molecule has 0 radical (unpaired) electrons. The Balaban J connectivity index is 1.40. The maximum atomic E-state index is 5.32. The molecule has 0 aliphatic carbocycles. The number of nitrogens with one attached hydrogen (secondary N) is 1. The second kappa shape index (κ2) is 10.5. The summed E-state index contributed by atoms with van der Waals surface area (Å²) < 4.78 is 10.5. The summed E-state index contributed by atoms with van der Waals surface area (Å²) in [5, 5.41) is 3.25. The lowest BCUT2D eigenvalue weighted by Crippen LogP contribution is -2.08. The normalized spacial score (nSPS) is 10.5. The van der Waals surface area contributed by atoms with Gasteiger partial charge in [0.1, 0.15) is 11.5 Å². The van der Waals surface area contributed by atoms with Crippen LogP contribution in [0.1, 0.15) is 16.8 Å². The van der Waals surface area contributed by atoms with Gasteiger partial charge < -0.3 is 14.8 Å². The molecule has 6 nitrogen and oxygen atoms in total. The molecule has 0 unspecified atom stereocenters. The first-order valence-corrected chi connectivity index (χ1v) is 10.2. The predicted molar refractivity (Wildman–Crippen MR) is 113 cm³/mol. The van der Waals surface area contributed by atoms with Crippen molar-refractivity contribution < 1.29 is 9.47 Å². The van der Waals surface area contributed by atoms with Crippen LogP contribution in [-0.2, 0) is 12.2 Å². The second-order valence-electron chi connectivity index (χ2n) is 6.07. The zero-order valence-corrected chi connectivity index (χ0v) is 16.9. The fourth-order valence-electron chi connectivity index (χ4n) is 2.64. The zero-order valence-electron chi connectivity index (χ0n) is 16.1. The maximum Gasteiger partial charge on any atom is 0.222 e. The Bertz CT molecular complexity index is 857. The van der Waals surface area contributed by atoms with Crippen molar-refractivity contribution in [2.45, 2.75) is 12.2 Å². The third kappa shape index (κ3) is 5.85. The molecule has 146 valence electrons. The van der Waals surface area contributed by atoms with E-state index >= 15 is 0 Å². The Morgan fingerprint density at radius 1 is 0.929 bits per heavy atom. The van der Waals surface area contributed by atoms with E-state index in [2.05, 4.69) is 32.4 Å². The highest BCUT2D eigenvalue weighted by Crippen LogP contribution is 2.20. The first kappa shape index (κ1) is 19.9. The van der Waals surface area contributed by atoms with E-state index in [0.29, 0.717) is 5.95 Å². The number of aromatic nitrogens is 3. The average Bonchev–Trinajstić information content (AvgIpc) is 2.75. The van der Waals surface area contributed by atoms with Gasteiger partial charge in [0.25, 0.3) is 0 Å². The summed E-state index contributed by atoms with van der Waals surface area (Å²) in [6.07, 6.45) is 6.32. The van der Waals surface area contributed by atoms with Crippen LogP contribution in [-0.4, -0.2) is 41.5 Å². The number of hydrogen-bond donors (Lipinski definition) is 1. The molecule has 0 saturated carbocycles. The number of hydrogen-bond acceptors (Lipinski definition) is 7. The minimum atomic E-state index is 0.648. The summed E-state index contributed by atoms with van der Waals surface area (Å²) in [6, 6.07) is 11.8. The van der Waals surface area contributed by atoms with Crippen LogP contribution in [0.15, 0.2) is 55.0 Å². The van der Waals surface area contributed by atoms with Crippen LogP contribution in [0.3, 0.4) is 0 Å². The number of thioether (sulfide) groups is 1. The van der Waals surface area contributed by atoms with Crippen molar-refractivity contribution in [2.75, 3.05) is 31.8 Å². The monoisotopic (exact) mass is 396 g/mol. The third-order valence-corrected chi connectivity index (χ3v) is 5.08. The van der Waals surface area contributed by atoms with E-state index < -0.39 is 0 Å². The number of benzene rings is 1. The Morgan fingerprint density at radius 3 is 2.43 bits per heavy atom. The summed E-state index contributed by atoms with van der Waals surface area (Å²) >= 11 is 1.79. The van der Waals surface area contributed by atoms with Crippen LogP contribution in [0.4, 0.5) is 5.95 Å². The van der Waals surface area contributed by atoms with Crippen LogP contribution >= 0.6 is 11.8 Å². The molecule has 0 bridgehead atoms. The summed E-state index contributed by atoms with van der Waals surface area (Å²) in [4.78, 5) is 13.2. The van der Waals surface area contributed by atoms with Crippen molar-refractivity contribution in [3.05, 3.63) is 71.8 Å². The van der Waals surface area contributed by atoms with Crippen molar-refractivity contribution in [3.63, 3.8) is 0 Å². The number of methoxy groups -OCH3 is 2. The van der Waals surface area contributed by atoms with Gasteiger partial charge in [-0.1, -0.05) is 12.1 Å². The largest absolute Gasteiger partial charge is 0.497 e. The molecule has 0 amide bonds. The molecule has 0 spiro atoms. The van der Waals surface area contributed by atoms with Crippen molar-refractivity contribution in [3.8, 4) is 11.5 Å². The van der Waals surface area contributed by atoms with Crippen molar-refractivity contribution in [1.82, 2.24) is 15.0 Å². The number of ether oxygens (including phenoxy) is 2. The van der Waals surface area contributed by atoms with Gasteiger partial charge >= 0.3 is 0 Å². The van der Waals surface area contributed by atoms with E-state index in [4.69, 9.17) is 9.47 Å². The molecule has 0 atom stereocenters. The topological polar surface area (TPSA) is 69.2 Å². The van der Waals surface area contributed by atoms with Crippen LogP contribution in [0, 0.1) is 0 Å². The smallest absolute Gasteiger partial charge is 0.222 e. The lowest BCUT2D eigenvalue weighted by molar-refractivity contribution is 0.409. The van der Waals surface area contributed by atoms with Gasteiger partial charge in [-0.3, -0.25) is 4.98 Å². The van der Waals surface area contributed by atoms with Gasteiger partial charge in [-0.15, -0.1) is 0 Å². The van der Waals surface area contributed by atoms with Crippen LogP contribution in [0.2, 0.25) is 0 Å². The molecule has 0 fully saturated rings. The van der Waals surface area contributed by atoms with E-state index in [1.54, 1.807) is 32.2 Å². The Morgan fingerprint density at radius 2 is 1.71 bits per heavy atom. The highest BCUT2D eigenvalue weighted by Gasteiger charge is 2.04. The summed E-state index contributed by atoms with van der Waals surface area (Å²) in [5.41, 5.74) is 3.24. The fraction of sp³-hybridized carbons (Fsp3) is 0.286. The predicted octanol–water partition coefficient (Wildman–Crippen LogP) is 3.82. The molecule has 1 aromatic carbocycles. The molecule has 0 saturated heterocycles. The first-order valence-electron chi connectivity index (χ1n) is 9.02. The maximum absolute atomic E-state index is 5.32. The van der Waals surface area contributed by atoms with Gasteiger partial charge in [0, 0.05) is 43.1 Å². The zero-order chi connectivity index (χ0) is 19.6. The molecular weight excluding hydrogens is 372 g/mol. The van der Waals surface area contributed by atoms with Crippen LogP contribution in [0.25, 0.3) is 0 Å². The van der Waals surface area contributed by atoms with Gasteiger partial charge in [-0.2, -0.15) is 11.8 Å². The number of rotatable bonds is 10. The van der Waals surface area contributed by atoms with Gasteiger partial charge in [-0.05, 0) is 35.4 Å². The van der Waals surface area contributed by atoms with Gasteiger partial charge in [0.05, 0.1) is 19.9 Å². The molecule has 1 N–H and O–H groups in total. The Kier molecular flexibility index (Phi) is 7.49. The SMILES string of the molecule is COc1ccc(Cc2cnc(NCCSCc3ncccc3OC)nc2)cc1. The van der Waals surface area contributed by atoms with Gasteiger partial charge in [0.15, 0.2) is 0 Å². The summed E-state index contributed by atoms with van der Waals surface area (Å²) in [6.45, 7) is 0.789. The van der Waals surface area contributed by atoms with Gasteiger partial charge in [-0.25, -0.2) is 9.97 Å². The fourth-order valence-corrected chi connectivity index (χ4v) is 3.44. The molecule has 2 heterocycles. The molecular formula is C21H24N4O2S. The molecule has 3 rings (SSSR count). The lowest BCUT2D eigenvalue weighted by Gasteiger charge is -2.08. The average molecular weight is 397 g/mol. The lowest BCUT2D eigenvalue weighted by atomic mass is 10.1. The minimum absolute atomic E-state index is 0.648. The van der Waals surface area contributed by atoms with Crippen molar-refractivity contribution in [2.24, 2.45) is 0 Å². The Labute approximate surface area is 169 Å². The van der Waals surface area contributed by atoms with Crippen LogP contribution in [0.5, 0.6) is 11.5 Å². The number of pyridine rings is 1. The van der Waals surface area contributed by atoms with E-state index in [1.165, 1.54) is 5.56 Å². The highest BCUT2D eigenvalue weighted by molar-refractivity contribution is 7.98. The molecule has 28 heavy (non-hydrogen) atoms. The summed E-state index contributed by atoms with van der Waals surface area (Å²) in [5.74, 6) is 4.08. The van der Waals surface area contributed by atoms with Crippen LogP contribution < -0.4 is 14.8 Å². The van der Waals surface area contributed by atoms with Crippen molar-refractivity contribution in [1.29, 1.82) is 0 Å². The minimum Gasteiger partial charge on any atom is -0.497 e. The summed E-state index contributed by atoms with van der Waals surface area (Å²) in [7, 11) is 3.34. The quantitative estimate of drug-likeness (QED) is 0.522. The number of nitrogens with zero attached hydrogens (tertiary/aromatic N) is 3. The Hall–Kier alpha value is -2.80. The molecule has 3 aromatic rings. The van der Waals surface area contributed by atoms with E-state index in [1.807, 2.05) is 36.7 Å². The highest BCUT2D eigenvalue weighted by atomic mass is 32.2. The molecule has 0 aliphatic rings. The third-order valence-electron chi connectivity index (χ3n) is 4.11. The first-order chi connectivity index (χ1) is 13.8. The molecule has 0 aliphatic heterocycles. The molecule has 2 aromatic heterocycles. The van der Waals surface area contributed by atoms with E-state index in [9.17, 15) is 0 Å². The standard InChI is InChI=1S/C21H24N4O2S/c1-26-18-7-5-16(6-8-18)12-17-13-24-21(25-14-17)23-10-11-28-15-19-20(27-2)4-3-9-22-19/h3-9,13-14H,10-12,15H2,1-2H3,(H,23,24,25). The van der Waals surface area contributed by atoms with Gasteiger partial charge in [0.2, 0.25) is 5.95 Å². The van der Waals surface area contributed by atoms with E-state index in [0.717, 1.165) is 47.2 Å². The number of anilines is 1. The second-order valence-corrected chi connectivity index (χ2v) is 7.18. The molecule has 7 heteroatoms. The van der Waals surface area contributed by atoms with Crippen molar-refractivity contribution >= 4 is 17.7 Å².